The second-order valence-corrected chi connectivity index (χ2v) is 6.07. The maximum absolute atomic E-state index is 11.6. The number of nitrogens with one attached hydrogen (secondary N) is 1. The van der Waals surface area contributed by atoms with E-state index in [2.05, 4.69) is 4.72 Å². The molecule has 0 spiro atoms. The van der Waals surface area contributed by atoms with Gasteiger partial charge in [-0.25, -0.2) is 13.1 Å². The maximum atomic E-state index is 11.6. The Morgan fingerprint density at radius 2 is 2.21 bits per heavy atom. The zero-order valence-corrected chi connectivity index (χ0v) is 9.86. The average Bonchev–Trinajstić information content (AvgIpc) is 2.54. The Morgan fingerprint density at radius 3 is 2.71 bits per heavy atom. The van der Waals surface area contributed by atoms with Crippen LogP contribution in [-0.2, 0) is 10.0 Å². The van der Waals surface area contributed by atoms with Gasteiger partial charge < -0.3 is 4.90 Å². The summed E-state index contributed by atoms with van der Waals surface area (Å²) in [6, 6.07) is 3.33. The van der Waals surface area contributed by atoms with Crippen LogP contribution in [0.25, 0.3) is 0 Å². The van der Waals surface area contributed by atoms with Crippen molar-refractivity contribution in [1.29, 1.82) is 0 Å². The molecule has 1 N–H and O–H groups in total. The summed E-state index contributed by atoms with van der Waals surface area (Å²) in [6.45, 7) is 1.14. The predicted molar refractivity (Wildman–Crippen MR) is 58.1 cm³/mol. The van der Waals surface area contributed by atoms with Crippen LogP contribution < -0.4 is 4.72 Å². The molecule has 0 atom stereocenters. The molecule has 80 valence electrons. The monoisotopic (exact) mass is 234 g/mol. The zero-order chi connectivity index (χ0) is 10.6. The van der Waals surface area contributed by atoms with Crippen molar-refractivity contribution in [1.82, 2.24) is 9.62 Å². The lowest BCUT2D eigenvalue weighted by molar-refractivity contribution is 0.412. The lowest BCUT2D eigenvalue weighted by atomic mass is 10.6. The first-order chi connectivity index (χ1) is 6.52. The van der Waals surface area contributed by atoms with Gasteiger partial charge in [0.1, 0.15) is 4.21 Å². The molecule has 14 heavy (non-hydrogen) atoms. The van der Waals surface area contributed by atoms with Crippen molar-refractivity contribution in [3.05, 3.63) is 17.5 Å². The van der Waals surface area contributed by atoms with Crippen molar-refractivity contribution in [3.8, 4) is 0 Å². The van der Waals surface area contributed by atoms with Crippen LogP contribution in [-0.4, -0.2) is 40.5 Å². The lowest BCUT2D eigenvalue weighted by Gasteiger charge is -2.09. The largest absolute Gasteiger partial charge is 0.308 e. The smallest absolute Gasteiger partial charge is 0.250 e. The minimum absolute atomic E-state index is 0.372. The normalized spacial score (nSPS) is 12.2. The van der Waals surface area contributed by atoms with Crippen LogP contribution in [0.15, 0.2) is 21.7 Å². The molecule has 1 heterocycles. The van der Waals surface area contributed by atoms with E-state index in [1.54, 1.807) is 17.5 Å². The van der Waals surface area contributed by atoms with E-state index < -0.39 is 10.0 Å². The van der Waals surface area contributed by atoms with Gasteiger partial charge in [0.25, 0.3) is 0 Å². The third kappa shape index (κ3) is 3.38. The van der Waals surface area contributed by atoms with Gasteiger partial charge in [-0.3, -0.25) is 0 Å². The molecule has 1 aromatic heterocycles. The number of sulfonamides is 1. The van der Waals surface area contributed by atoms with E-state index >= 15 is 0 Å². The standard InChI is InChI=1S/C8H14N2O2S2/c1-10(2)6-5-9-14(11,12)8-4-3-7-13-8/h3-4,7,9H,5-6H2,1-2H3. The first-order valence-corrected chi connectivity index (χ1v) is 6.56. The minimum atomic E-state index is -3.27. The first-order valence-electron chi connectivity index (χ1n) is 4.20. The first kappa shape index (κ1) is 11.6. The molecular formula is C8H14N2O2S2. The SMILES string of the molecule is CN(C)CCNS(=O)(=O)c1cccs1. The van der Waals surface area contributed by atoms with Crippen molar-refractivity contribution >= 4 is 21.4 Å². The lowest BCUT2D eigenvalue weighted by Crippen LogP contribution is -2.30. The highest BCUT2D eigenvalue weighted by atomic mass is 32.2. The third-order valence-corrected chi connectivity index (χ3v) is 4.47. The molecule has 0 aliphatic carbocycles. The molecule has 1 aromatic rings. The van der Waals surface area contributed by atoms with Gasteiger partial charge in [0.05, 0.1) is 0 Å². The average molecular weight is 234 g/mol. The fourth-order valence-electron chi connectivity index (χ4n) is 0.891. The van der Waals surface area contributed by atoms with Crippen LogP contribution in [0.2, 0.25) is 0 Å². The van der Waals surface area contributed by atoms with E-state index in [1.807, 2.05) is 19.0 Å². The minimum Gasteiger partial charge on any atom is -0.308 e. The maximum Gasteiger partial charge on any atom is 0.250 e. The van der Waals surface area contributed by atoms with Gasteiger partial charge in [0.2, 0.25) is 10.0 Å². The second-order valence-electron chi connectivity index (χ2n) is 3.13. The Hall–Kier alpha value is -0.430. The number of likely N-dealkylation sites (N-methyl/N-ethyl adjacent to an activating group) is 1. The summed E-state index contributed by atoms with van der Waals surface area (Å²) >= 11 is 1.22. The molecular weight excluding hydrogens is 220 g/mol. The van der Waals surface area contributed by atoms with Crippen LogP contribution in [0.1, 0.15) is 0 Å². The van der Waals surface area contributed by atoms with E-state index in [-0.39, 0.29) is 0 Å². The predicted octanol–water partition coefficient (Wildman–Crippen LogP) is 0.588. The van der Waals surface area contributed by atoms with Crippen molar-refractivity contribution in [3.63, 3.8) is 0 Å². The summed E-state index contributed by atoms with van der Waals surface area (Å²) in [5.74, 6) is 0. The van der Waals surface area contributed by atoms with Crippen molar-refractivity contribution in [2.24, 2.45) is 0 Å². The number of nitrogens with zero attached hydrogens (tertiary/aromatic N) is 1. The van der Waals surface area contributed by atoms with Crippen LogP contribution in [0, 0.1) is 0 Å². The third-order valence-electron chi connectivity index (χ3n) is 1.61. The van der Waals surface area contributed by atoms with Crippen LogP contribution in [0.5, 0.6) is 0 Å². The molecule has 0 amide bonds. The number of thiophene rings is 1. The van der Waals surface area contributed by atoms with Crippen molar-refractivity contribution in [2.75, 3.05) is 27.2 Å². The van der Waals surface area contributed by atoms with Gasteiger partial charge in [0.15, 0.2) is 0 Å². The summed E-state index contributed by atoms with van der Waals surface area (Å²) in [5.41, 5.74) is 0. The van der Waals surface area contributed by atoms with E-state index in [4.69, 9.17) is 0 Å². The number of hydrogen-bond acceptors (Lipinski definition) is 4. The van der Waals surface area contributed by atoms with Gasteiger partial charge >= 0.3 is 0 Å². The Morgan fingerprint density at radius 1 is 1.50 bits per heavy atom. The molecule has 0 aliphatic rings. The summed E-state index contributed by atoms with van der Waals surface area (Å²) in [5, 5.41) is 1.75. The highest BCUT2D eigenvalue weighted by Gasteiger charge is 2.13. The Balaban J connectivity index is 2.52. The summed E-state index contributed by atoms with van der Waals surface area (Å²) < 4.78 is 26.0. The summed E-state index contributed by atoms with van der Waals surface area (Å²) in [4.78, 5) is 1.93. The van der Waals surface area contributed by atoms with Crippen molar-refractivity contribution < 1.29 is 8.42 Å². The molecule has 0 saturated heterocycles. The molecule has 0 aromatic carbocycles. The second kappa shape index (κ2) is 4.88. The molecule has 0 aliphatic heterocycles. The summed E-state index contributed by atoms with van der Waals surface area (Å²) in [6.07, 6.45) is 0. The van der Waals surface area contributed by atoms with Crippen molar-refractivity contribution in [2.45, 2.75) is 4.21 Å². The molecule has 0 unspecified atom stereocenters. The Kier molecular flexibility index (Phi) is 4.06. The van der Waals surface area contributed by atoms with E-state index in [0.717, 1.165) is 0 Å². The zero-order valence-electron chi connectivity index (χ0n) is 8.23. The fourth-order valence-corrected chi connectivity index (χ4v) is 2.95. The number of hydrogen-bond donors (Lipinski definition) is 1. The van der Waals surface area contributed by atoms with Crippen LogP contribution in [0.4, 0.5) is 0 Å². The quantitative estimate of drug-likeness (QED) is 0.811. The van der Waals surface area contributed by atoms with Crippen LogP contribution in [0.3, 0.4) is 0 Å². The molecule has 1 rings (SSSR count). The number of rotatable bonds is 5. The van der Waals surface area contributed by atoms with Gasteiger partial charge in [-0.1, -0.05) is 6.07 Å². The highest BCUT2D eigenvalue weighted by Crippen LogP contribution is 2.14. The summed E-state index contributed by atoms with van der Waals surface area (Å²) in [7, 11) is 0.534. The van der Waals surface area contributed by atoms with E-state index in [9.17, 15) is 8.42 Å². The van der Waals surface area contributed by atoms with Gasteiger partial charge in [-0.2, -0.15) is 0 Å². The fraction of sp³-hybridized carbons (Fsp3) is 0.500. The highest BCUT2D eigenvalue weighted by molar-refractivity contribution is 7.91. The molecule has 4 nitrogen and oxygen atoms in total. The van der Waals surface area contributed by atoms with E-state index in [0.29, 0.717) is 17.3 Å². The van der Waals surface area contributed by atoms with Gasteiger partial charge in [0, 0.05) is 13.1 Å². The van der Waals surface area contributed by atoms with Gasteiger partial charge in [-0.05, 0) is 25.5 Å². The topological polar surface area (TPSA) is 49.4 Å². The van der Waals surface area contributed by atoms with Crippen LogP contribution >= 0.6 is 11.3 Å². The Labute approximate surface area is 88.6 Å². The van der Waals surface area contributed by atoms with Gasteiger partial charge in [-0.15, -0.1) is 11.3 Å². The molecule has 0 radical (unpaired) electrons. The molecule has 6 heteroatoms. The Bertz CT molecular complexity index is 357. The molecule has 0 bridgehead atoms. The molecule has 0 saturated carbocycles. The van der Waals surface area contributed by atoms with E-state index in [1.165, 1.54) is 11.3 Å². The molecule has 0 fully saturated rings.